The molecule has 1 aromatic carbocycles. The molecule has 0 spiro atoms. The molecule has 0 unspecified atom stereocenters. The van der Waals surface area contributed by atoms with Gasteiger partial charge in [0.05, 0.1) is 5.02 Å². The Bertz CT molecular complexity index is 580. The number of nitrogens with one attached hydrogen (secondary N) is 1. The van der Waals surface area contributed by atoms with E-state index in [1.807, 2.05) is 6.26 Å². The van der Waals surface area contributed by atoms with E-state index in [-0.39, 0.29) is 5.02 Å². The minimum Gasteiger partial charge on any atom is -0.340 e. The summed E-state index contributed by atoms with van der Waals surface area (Å²) < 4.78 is 13.0. The van der Waals surface area contributed by atoms with E-state index in [2.05, 4.69) is 15.3 Å². The van der Waals surface area contributed by atoms with Crippen molar-refractivity contribution in [2.45, 2.75) is 5.16 Å². The molecule has 0 fully saturated rings. The average Bonchev–Trinajstić information content (AvgIpc) is 2.33. The highest BCUT2D eigenvalue weighted by molar-refractivity contribution is 7.98. The van der Waals surface area contributed by atoms with Crippen LogP contribution in [0.2, 0.25) is 10.2 Å². The molecular weight excluding hydrogens is 296 g/mol. The smallest absolute Gasteiger partial charge is 0.190 e. The first-order valence-electron chi connectivity index (χ1n) is 4.89. The zero-order valence-electron chi connectivity index (χ0n) is 9.25. The molecule has 1 heterocycles. The van der Waals surface area contributed by atoms with Crippen LogP contribution in [0.4, 0.5) is 15.9 Å². The van der Waals surface area contributed by atoms with Crippen molar-refractivity contribution in [3.05, 3.63) is 40.3 Å². The molecular formula is C11H8Cl2FN3S. The van der Waals surface area contributed by atoms with Gasteiger partial charge in [-0.2, -0.15) is 0 Å². The highest BCUT2D eigenvalue weighted by Crippen LogP contribution is 2.24. The van der Waals surface area contributed by atoms with Crippen LogP contribution in [0.25, 0.3) is 0 Å². The van der Waals surface area contributed by atoms with Crippen LogP contribution in [0, 0.1) is 5.82 Å². The summed E-state index contributed by atoms with van der Waals surface area (Å²) in [5.74, 6) is 0.0646. The number of hydrogen-bond acceptors (Lipinski definition) is 4. The predicted octanol–water partition coefficient (Wildman–Crippen LogP) is 4.39. The van der Waals surface area contributed by atoms with E-state index in [1.165, 1.54) is 23.9 Å². The summed E-state index contributed by atoms with van der Waals surface area (Å²) in [5.41, 5.74) is 0.628. The standard InChI is InChI=1S/C11H8Cl2FN3S/c1-18-11-16-9(13)5-10(17-11)15-6-2-3-8(14)7(12)4-6/h2-5H,1H3,(H,15,16,17). The van der Waals surface area contributed by atoms with E-state index in [9.17, 15) is 4.39 Å². The molecule has 0 atom stereocenters. The van der Waals surface area contributed by atoms with Gasteiger partial charge in [-0.1, -0.05) is 35.0 Å². The number of nitrogens with zero attached hydrogens (tertiary/aromatic N) is 2. The third-order valence-electron chi connectivity index (χ3n) is 2.05. The van der Waals surface area contributed by atoms with E-state index in [0.717, 1.165) is 0 Å². The van der Waals surface area contributed by atoms with Gasteiger partial charge in [0.1, 0.15) is 16.8 Å². The lowest BCUT2D eigenvalue weighted by Gasteiger charge is -2.07. The van der Waals surface area contributed by atoms with Gasteiger partial charge in [-0.3, -0.25) is 0 Å². The maximum absolute atomic E-state index is 13.0. The average molecular weight is 304 g/mol. The zero-order valence-corrected chi connectivity index (χ0v) is 11.6. The van der Waals surface area contributed by atoms with E-state index in [0.29, 0.717) is 21.8 Å². The van der Waals surface area contributed by atoms with Gasteiger partial charge >= 0.3 is 0 Å². The highest BCUT2D eigenvalue weighted by atomic mass is 35.5. The number of rotatable bonds is 3. The first-order valence-corrected chi connectivity index (χ1v) is 6.87. The molecule has 1 aromatic heterocycles. The molecule has 0 aliphatic rings. The maximum atomic E-state index is 13.0. The molecule has 0 amide bonds. The molecule has 0 bridgehead atoms. The van der Waals surface area contributed by atoms with Crippen LogP contribution in [0.15, 0.2) is 29.4 Å². The summed E-state index contributed by atoms with van der Waals surface area (Å²) in [5, 5.41) is 3.93. The Morgan fingerprint density at radius 3 is 2.67 bits per heavy atom. The first kappa shape index (κ1) is 13.4. The van der Waals surface area contributed by atoms with Crippen molar-refractivity contribution in [3.63, 3.8) is 0 Å². The number of hydrogen-bond donors (Lipinski definition) is 1. The molecule has 1 N–H and O–H groups in total. The van der Waals surface area contributed by atoms with Crippen LogP contribution in [0.5, 0.6) is 0 Å². The predicted molar refractivity (Wildman–Crippen MR) is 73.5 cm³/mol. The molecule has 0 saturated heterocycles. The number of thioether (sulfide) groups is 1. The normalized spacial score (nSPS) is 10.4. The molecule has 3 nitrogen and oxygen atoms in total. The molecule has 7 heteroatoms. The molecule has 0 saturated carbocycles. The summed E-state index contributed by atoms with van der Waals surface area (Å²) in [6.45, 7) is 0. The second-order valence-electron chi connectivity index (χ2n) is 3.32. The van der Waals surface area contributed by atoms with Gasteiger partial charge in [0.15, 0.2) is 5.16 Å². The summed E-state index contributed by atoms with van der Waals surface area (Å²) >= 11 is 12.9. The molecule has 2 rings (SSSR count). The third kappa shape index (κ3) is 3.25. The topological polar surface area (TPSA) is 37.8 Å². The van der Waals surface area contributed by atoms with Gasteiger partial charge in [0.2, 0.25) is 0 Å². The minimum absolute atomic E-state index is 0.0465. The lowest BCUT2D eigenvalue weighted by Crippen LogP contribution is -1.97. The minimum atomic E-state index is -0.465. The zero-order chi connectivity index (χ0) is 13.1. The Balaban J connectivity index is 2.27. The Morgan fingerprint density at radius 1 is 1.22 bits per heavy atom. The Kier molecular flexibility index (Phi) is 4.27. The first-order chi connectivity index (χ1) is 8.58. The summed E-state index contributed by atoms with van der Waals surface area (Å²) in [6, 6.07) is 5.91. The third-order valence-corrected chi connectivity index (χ3v) is 3.08. The second-order valence-corrected chi connectivity index (χ2v) is 4.88. The maximum Gasteiger partial charge on any atom is 0.190 e. The van der Waals surface area contributed by atoms with E-state index in [4.69, 9.17) is 23.2 Å². The molecule has 2 aromatic rings. The fourth-order valence-corrected chi connectivity index (χ4v) is 2.07. The highest BCUT2D eigenvalue weighted by Gasteiger charge is 2.05. The quantitative estimate of drug-likeness (QED) is 0.518. The molecule has 18 heavy (non-hydrogen) atoms. The molecule has 0 radical (unpaired) electrons. The second kappa shape index (κ2) is 5.73. The van der Waals surface area contributed by atoms with Crippen molar-refractivity contribution >= 4 is 46.5 Å². The van der Waals surface area contributed by atoms with Crippen molar-refractivity contribution in [1.82, 2.24) is 9.97 Å². The molecule has 0 aliphatic carbocycles. The van der Waals surface area contributed by atoms with Crippen molar-refractivity contribution in [2.75, 3.05) is 11.6 Å². The fourth-order valence-electron chi connectivity index (χ4n) is 1.27. The Labute approximate surface area is 118 Å². The number of anilines is 2. The van der Waals surface area contributed by atoms with Gasteiger partial charge in [-0.05, 0) is 24.5 Å². The molecule has 0 aliphatic heterocycles. The van der Waals surface area contributed by atoms with Gasteiger partial charge in [0, 0.05) is 11.8 Å². The summed E-state index contributed by atoms with van der Waals surface area (Å²) in [4.78, 5) is 8.24. The lowest BCUT2D eigenvalue weighted by molar-refractivity contribution is 0.628. The van der Waals surface area contributed by atoms with E-state index < -0.39 is 5.82 Å². The van der Waals surface area contributed by atoms with E-state index >= 15 is 0 Å². The van der Waals surface area contributed by atoms with Crippen molar-refractivity contribution in [2.24, 2.45) is 0 Å². The Hall–Kier alpha value is -1.04. The largest absolute Gasteiger partial charge is 0.340 e. The number of aromatic nitrogens is 2. The van der Waals surface area contributed by atoms with Crippen LogP contribution < -0.4 is 5.32 Å². The SMILES string of the molecule is CSc1nc(Cl)cc(Nc2ccc(F)c(Cl)c2)n1. The van der Waals surface area contributed by atoms with Crippen LogP contribution in [0.1, 0.15) is 0 Å². The summed E-state index contributed by atoms with van der Waals surface area (Å²) in [7, 11) is 0. The van der Waals surface area contributed by atoms with Gasteiger partial charge in [-0.25, -0.2) is 14.4 Å². The summed E-state index contributed by atoms with van der Waals surface area (Å²) in [6.07, 6.45) is 1.85. The van der Waals surface area contributed by atoms with Crippen LogP contribution in [0.3, 0.4) is 0 Å². The number of benzene rings is 1. The fraction of sp³-hybridized carbons (Fsp3) is 0.0909. The lowest BCUT2D eigenvalue weighted by atomic mass is 10.3. The van der Waals surface area contributed by atoms with Gasteiger partial charge < -0.3 is 5.32 Å². The van der Waals surface area contributed by atoms with Crippen LogP contribution >= 0.6 is 35.0 Å². The van der Waals surface area contributed by atoms with Crippen molar-refractivity contribution in [1.29, 1.82) is 0 Å². The van der Waals surface area contributed by atoms with E-state index in [1.54, 1.807) is 12.1 Å². The van der Waals surface area contributed by atoms with Crippen LogP contribution in [-0.4, -0.2) is 16.2 Å². The van der Waals surface area contributed by atoms with Gasteiger partial charge in [0.25, 0.3) is 0 Å². The van der Waals surface area contributed by atoms with Gasteiger partial charge in [-0.15, -0.1) is 0 Å². The molecule has 94 valence electrons. The van der Waals surface area contributed by atoms with Crippen molar-refractivity contribution in [3.8, 4) is 0 Å². The number of halogens is 3. The van der Waals surface area contributed by atoms with Crippen molar-refractivity contribution < 1.29 is 4.39 Å². The monoisotopic (exact) mass is 303 g/mol. The Morgan fingerprint density at radius 2 is 2.00 bits per heavy atom. The van der Waals surface area contributed by atoms with Crippen LogP contribution in [-0.2, 0) is 0 Å².